The molecule has 1 aromatic rings. The first-order valence-electron chi connectivity index (χ1n) is 13.4. The molecule has 1 rings (SSSR count). The van der Waals surface area contributed by atoms with Crippen LogP contribution in [0.5, 0.6) is 5.75 Å². The van der Waals surface area contributed by atoms with Crippen molar-refractivity contribution < 1.29 is 29.0 Å². The molecule has 9 heteroatoms. The van der Waals surface area contributed by atoms with Gasteiger partial charge in [0.2, 0.25) is 5.91 Å². The summed E-state index contributed by atoms with van der Waals surface area (Å²) in [6, 6.07) is 8.22. The molecule has 0 aliphatic carbocycles. The molecule has 2 atom stereocenters. The summed E-state index contributed by atoms with van der Waals surface area (Å²) >= 11 is 0. The number of hydrogen-bond donors (Lipinski definition) is 1. The van der Waals surface area contributed by atoms with Crippen molar-refractivity contribution in [2.24, 2.45) is 5.92 Å². The van der Waals surface area contributed by atoms with Gasteiger partial charge in [0, 0.05) is 6.42 Å². The Morgan fingerprint density at radius 2 is 1.95 bits per heavy atom. The number of carbonyl (C=O) groups excluding carboxylic acids is 2. The van der Waals surface area contributed by atoms with Crippen LogP contribution in [0.15, 0.2) is 48.6 Å². The van der Waals surface area contributed by atoms with Gasteiger partial charge in [0.1, 0.15) is 25.0 Å². The van der Waals surface area contributed by atoms with Gasteiger partial charge in [0.15, 0.2) is 0 Å². The average molecular weight is 535 g/mol. The molecule has 9 nitrogen and oxygen atoms in total. The summed E-state index contributed by atoms with van der Waals surface area (Å²) in [6.07, 6.45) is 14.4. The van der Waals surface area contributed by atoms with E-state index in [-0.39, 0.29) is 19.1 Å². The van der Waals surface area contributed by atoms with Crippen LogP contribution in [0.3, 0.4) is 0 Å². The lowest BCUT2D eigenvalue weighted by atomic mass is 10.0. The first kappa shape index (κ1) is 34.6. The van der Waals surface area contributed by atoms with Crippen LogP contribution in [0.4, 0.5) is 0 Å². The summed E-state index contributed by atoms with van der Waals surface area (Å²) in [6.45, 7) is 10.1. The maximum absolute atomic E-state index is 11.4. The number of hydrogen-bond acceptors (Lipinski definition) is 7. The van der Waals surface area contributed by atoms with E-state index in [0.717, 1.165) is 31.1 Å². The van der Waals surface area contributed by atoms with Crippen LogP contribution in [0.2, 0.25) is 0 Å². The Balaban J connectivity index is 0.000000724. The lowest BCUT2D eigenvalue weighted by Gasteiger charge is -2.12. The van der Waals surface area contributed by atoms with Gasteiger partial charge in [0.25, 0.3) is 5.09 Å². The van der Waals surface area contributed by atoms with Gasteiger partial charge in [-0.2, -0.15) is 0 Å². The van der Waals surface area contributed by atoms with Gasteiger partial charge in [0.05, 0.1) is 6.61 Å². The number of unbranched alkanes of at least 4 members (excludes halogenated alkanes) is 1. The Bertz CT molecular complexity index is 855. The first-order chi connectivity index (χ1) is 18.2. The second-order valence-corrected chi connectivity index (χ2v) is 8.90. The molecule has 1 N–H and O–H groups in total. The van der Waals surface area contributed by atoms with Crippen molar-refractivity contribution in [2.45, 2.75) is 85.7 Å². The molecule has 0 saturated carbocycles. The van der Waals surface area contributed by atoms with Crippen molar-refractivity contribution in [1.29, 1.82) is 0 Å². The molecule has 1 amide bonds. The van der Waals surface area contributed by atoms with Crippen molar-refractivity contribution in [1.82, 2.24) is 5.32 Å². The number of benzene rings is 1. The predicted molar refractivity (Wildman–Crippen MR) is 149 cm³/mol. The number of nitrogens with zero attached hydrogens (tertiary/aromatic N) is 1. The van der Waals surface area contributed by atoms with E-state index in [1.54, 1.807) is 0 Å². The summed E-state index contributed by atoms with van der Waals surface area (Å²) in [5.74, 6) is 0.824. The second kappa shape index (κ2) is 22.8. The van der Waals surface area contributed by atoms with Gasteiger partial charge in [-0.15, -0.1) is 10.1 Å². The molecule has 0 fully saturated rings. The van der Waals surface area contributed by atoms with Crippen molar-refractivity contribution in [3.05, 3.63) is 64.2 Å². The SMILES string of the molecule is C/C=C\CCCC(=O)NCC(=O)OC(C)CO[N+](=O)[O-].CCCC(/C=C/CCOc1cccc(C)c1)CC. The third-order valence-corrected chi connectivity index (χ3v) is 5.32. The molecule has 0 heterocycles. The van der Waals surface area contributed by atoms with E-state index < -0.39 is 17.2 Å². The van der Waals surface area contributed by atoms with Gasteiger partial charge < -0.3 is 19.6 Å². The highest BCUT2D eigenvalue weighted by molar-refractivity contribution is 5.81. The number of ether oxygens (including phenoxy) is 2. The van der Waals surface area contributed by atoms with Crippen molar-refractivity contribution >= 4 is 11.9 Å². The third kappa shape index (κ3) is 20.8. The number of carbonyl (C=O) groups is 2. The number of rotatable bonds is 18. The van der Waals surface area contributed by atoms with Crippen LogP contribution >= 0.6 is 0 Å². The standard InChI is InChI=1S/C17H26O.C12H20N2O6/c1-4-9-16(5-2)11-6-7-13-18-17-12-8-10-15(3)14-17;1-3-4-5-6-7-11(15)13-8-12(16)20-10(2)9-19-14(17)18/h6,8,10-12,14,16H,4-5,7,9,13H2,1-3H3;3-4,10H,5-9H2,1-2H3,(H,13,15)/b11-6+;4-3-. The van der Waals surface area contributed by atoms with E-state index >= 15 is 0 Å². The fourth-order valence-electron chi connectivity index (χ4n) is 3.32. The average Bonchev–Trinajstić information content (AvgIpc) is 2.88. The van der Waals surface area contributed by atoms with Crippen LogP contribution in [-0.2, 0) is 19.2 Å². The largest absolute Gasteiger partial charge is 0.493 e. The summed E-state index contributed by atoms with van der Waals surface area (Å²) in [5.41, 5.74) is 1.25. The molecule has 0 spiro atoms. The molecule has 0 aliphatic heterocycles. The van der Waals surface area contributed by atoms with Gasteiger partial charge >= 0.3 is 5.97 Å². The molecule has 2 unspecified atom stereocenters. The van der Waals surface area contributed by atoms with Crippen molar-refractivity contribution in [3.8, 4) is 5.75 Å². The third-order valence-electron chi connectivity index (χ3n) is 5.32. The monoisotopic (exact) mass is 534 g/mol. The zero-order valence-electron chi connectivity index (χ0n) is 23.6. The minimum absolute atomic E-state index is 0.236. The summed E-state index contributed by atoms with van der Waals surface area (Å²) < 4.78 is 10.5. The van der Waals surface area contributed by atoms with Gasteiger partial charge in [-0.05, 0) is 76.5 Å². The molecule has 0 radical (unpaired) electrons. The Labute approximate surface area is 227 Å². The molecule has 0 aliphatic rings. The van der Waals surface area contributed by atoms with Crippen LogP contribution < -0.4 is 10.1 Å². The van der Waals surface area contributed by atoms with Crippen LogP contribution in [0.25, 0.3) is 0 Å². The van der Waals surface area contributed by atoms with E-state index in [4.69, 9.17) is 9.47 Å². The number of amides is 1. The number of nitrogens with one attached hydrogen (secondary N) is 1. The van der Waals surface area contributed by atoms with Gasteiger partial charge in [-0.25, -0.2) is 0 Å². The normalized spacial score (nSPS) is 12.3. The number of esters is 1. The molecule has 0 aromatic heterocycles. The Kier molecular flexibility index (Phi) is 20.8. The quantitative estimate of drug-likeness (QED) is 0.0791. The lowest BCUT2D eigenvalue weighted by molar-refractivity contribution is -0.759. The summed E-state index contributed by atoms with van der Waals surface area (Å²) in [4.78, 5) is 36.6. The fraction of sp³-hybridized carbons (Fsp3) is 0.586. The zero-order valence-corrected chi connectivity index (χ0v) is 23.6. The lowest BCUT2D eigenvalue weighted by Crippen LogP contribution is -2.33. The Hall–Kier alpha value is -3.36. The highest BCUT2D eigenvalue weighted by Gasteiger charge is 2.12. The first-order valence-corrected chi connectivity index (χ1v) is 13.4. The zero-order chi connectivity index (χ0) is 28.6. The van der Waals surface area contributed by atoms with Crippen molar-refractivity contribution in [3.63, 3.8) is 0 Å². The van der Waals surface area contributed by atoms with Gasteiger partial charge in [-0.1, -0.05) is 56.7 Å². The summed E-state index contributed by atoms with van der Waals surface area (Å²) in [7, 11) is 0. The second-order valence-electron chi connectivity index (χ2n) is 8.90. The van der Waals surface area contributed by atoms with E-state index in [0.29, 0.717) is 12.8 Å². The van der Waals surface area contributed by atoms with Gasteiger partial charge in [-0.3, -0.25) is 9.59 Å². The summed E-state index contributed by atoms with van der Waals surface area (Å²) in [5, 5.41) is 11.4. The Morgan fingerprint density at radius 1 is 1.18 bits per heavy atom. The highest BCUT2D eigenvalue weighted by Crippen LogP contribution is 2.14. The molecule has 0 bridgehead atoms. The van der Waals surface area contributed by atoms with E-state index in [1.807, 2.05) is 31.2 Å². The highest BCUT2D eigenvalue weighted by atomic mass is 17.0. The van der Waals surface area contributed by atoms with Crippen molar-refractivity contribution in [2.75, 3.05) is 19.8 Å². The fourth-order valence-corrected chi connectivity index (χ4v) is 3.32. The Morgan fingerprint density at radius 3 is 2.58 bits per heavy atom. The molecule has 0 saturated heterocycles. The topological polar surface area (TPSA) is 117 Å². The maximum Gasteiger partial charge on any atom is 0.325 e. The van der Waals surface area contributed by atoms with Crippen LogP contribution in [-0.4, -0.2) is 42.8 Å². The van der Waals surface area contributed by atoms with E-state index in [1.165, 1.54) is 31.7 Å². The number of allylic oxidation sites excluding steroid dienone is 3. The molecular weight excluding hydrogens is 488 g/mol. The molecule has 1 aromatic carbocycles. The van der Waals surface area contributed by atoms with E-state index in [9.17, 15) is 19.7 Å². The van der Waals surface area contributed by atoms with Crippen LogP contribution in [0, 0.1) is 23.0 Å². The maximum atomic E-state index is 11.4. The minimum Gasteiger partial charge on any atom is -0.493 e. The molecule has 38 heavy (non-hydrogen) atoms. The smallest absolute Gasteiger partial charge is 0.325 e. The number of aryl methyl sites for hydroxylation is 1. The molecule has 214 valence electrons. The van der Waals surface area contributed by atoms with Crippen LogP contribution in [0.1, 0.15) is 78.2 Å². The predicted octanol–water partition coefficient (Wildman–Crippen LogP) is 6.14. The minimum atomic E-state index is -0.961. The van der Waals surface area contributed by atoms with E-state index in [2.05, 4.69) is 55.2 Å². The molecular formula is C29H46N2O7.